The summed E-state index contributed by atoms with van der Waals surface area (Å²) in [6, 6.07) is 12.4. The molecule has 2 aromatic carbocycles. The van der Waals surface area contributed by atoms with Crippen molar-refractivity contribution in [3.05, 3.63) is 56.5 Å². The van der Waals surface area contributed by atoms with Gasteiger partial charge in [-0.15, -0.1) is 0 Å². The SMILES string of the molecule is COc1ccc(/C=C2/SC(=O)N(CC(=O)Nc3ccc(I)cc3)C2=O)cc1OC. The minimum atomic E-state index is -0.507. The van der Waals surface area contributed by atoms with E-state index in [1.54, 1.807) is 36.4 Å². The van der Waals surface area contributed by atoms with Crippen molar-refractivity contribution in [3.8, 4) is 11.5 Å². The zero-order valence-corrected chi connectivity index (χ0v) is 18.6. The molecule has 3 amide bonds. The lowest BCUT2D eigenvalue weighted by Crippen LogP contribution is -2.36. The largest absolute Gasteiger partial charge is 0.493 e. The molecule has 1 aliphatic heterocycles. The Morgan fingerprint density at radius 1 is 1.10 bits per heavy atom. The van der Waals surface area contributed by atoms with Gasteiger partial charge in [0.05, 0.1) is 19.1 Å². The second-order valence-corrected chi connectivity index (χ2v) is 8.18. The Kier molecular flexibility index (Phi) is 6.80. The van der Waals surface area contributed by atoms with E-state index >= 15 is 0 Å². The second kappa shape index (κ2) is 9.31. The Hall–Kier alpha value is -2.53. The topological polar surface area (TPSA) is 84.9 Å². The van der Waals surface area contributed by atoms with Gasteiger partial charge in [0.2, 0.25) is 5.91 Å². The average Bonchev–Trinajstić information content (AvgIpc) is 2.97. The molecule has 0 aliphatic carbocycles. The number of carbonyl (C=O) groups is 3. The maximum absolute atomic E-state index is 12.6. The summed E-state index contributed by atoms with van der Waals surface area (Å²) in [6.07, 6.45) is 1.59. The van der Waals surface area contributed by atoms with E-state index in [0.717, 1.165) is 20.2 Å². The number of anilines is 1. The Labute approximate surface area is 185 Å². The van der Waals surface area contributed by atoms with Gasteiger partial charge in [0, 0.05) is 9.26 Å². The molecule has 9 heteroatoms. The van der Waals surface area contributed by atoms with Crippen molar-refractivity contribution in [3.63, 3.8) is 0 Å². The van der Waals surface area contributed by atoms with Gasteiger partial charge in [-0.25, -0.2) is 0 Å². The van der Waals surface area contributed by atoms with Gasteiger partial charge >= 0.3 is 0 Å². The number of amides is 3. The van der Waals surface area contributed by atoms with E-state index in [4.69, 9.17) is 9.47 Å². The number of hydrogen-bond acceptors (Lipinski definition) is 6. The molecule has 0 unspecified atom stereocenters. The first-order valence-electron chi connectivity index (χ1n) is 8.44. The molecule has 0 atom stereocenters. The maximum atomic E-state index is 12.6. The van der Waals surface area contributed by atoms with Gasteiger partial charge in [-0.2, -0.15) is 0 Å². The highest BCUT2D eigenvalue weighted by molar-refractivity contribution is 14.1. The molecule has 0 spiro atoms. The van der Waals surface area contributed by atoms with Crippen LogP contribution >= 0.6 is 34.4 Å². The molecular formula is C20H17IN2O5S. The van der Waals surface area contributed by atoms with Gasteiger partial charge in [-0.1, -0.05) is 6.07 Å². The molecule has 29 heavy (non-hydrogen) atoms. The Bertz CT molecular complexity index is 991. The zero-order chi connectivity index (χ0) is 21.0. The molecule has 0 aromatic heterocycles. The molecule has 0 bridgehead atoms. The molecule has 1 N–H and O–H groups in total. The Morgan fingerprint density at radius 3 is 2.45 bits per heavy atom. The van der Waals surface area contributed by atoms with Crippen LogP contribution in [0.2, 0.25) is 0 Å². The third-order valence-electron chi connectivity index (χ3n) is 4.01. The fourth-order valence-electron chi connectivity index (χ4n) is 2.61. The first kappa shape index (κ1) is 21.2. The van der Waals surface area contributed by atoms with Crippen LogP contribution in [0.25, 0.3) is 6.08 Å². The summed E-state index contributed by atoms with van der Waals surface area (Å²) < 4.78 is 11.5. The van der Waals surface area contributed by atoms with Crippen molar-refractivity contribution in [1.82, 2.24) is 4.90 Å². The monoisotopic (exact) mass is 524 g/mol. The van der Waals surface area contributed by atoms with Crippen LogP contribution in [0.15, 0.2) is 47.4 Å². The number of rotatable bonds is 6. The second-order valence-electron chi connectivity index (χ2n) is 5.94. The average molecular weight is 524 g/mol. The fraction of sp³-hybridized carbons (Fsp3) is 0.150. The van der Waals surface area contributed by atoms with E-state index in [2.05, 4.69) is 27.9 Å². The van der Waals surface area contributed by atoms with Crippen molar-refractivity contribution in [2.75, 3.05) is 26.1 Å². The normalized spacial score (nSPS) is 15.0. The summed E-state index contributed by atoms with van der Waals surface area (Å²) in [5.41, 5.74) is 1.28. The number of ether oxygens (including phenoxy) is 2. The summed E-state index contributed by atoms with van der Waals surface area (Å²) in [5.74, 6) is 0.121. The Morgan fingerprint density at radius 2 is 1.79 bits per heavy atom. The molecule has 1 saturated heterocycles. The minimum Gasteiger partial charge on any atom is -0.493 e. The number of nitrogens with one attached hydrogen (secondary N) is 1. The lowest BCUT2D eigenvalue weighted by molar-refractivity contribution is -0.127. The van der Waals surface area contributed by atoms with Gasteiger partial charge in [0.25, 0.3) is 11.1 Å². The van der Waals surface area contributed by atoms with Crippen LogP contribution in [0, 0.1) is 3.57 Å². The fourth-order valence-corrected chi connectivity index (χ4v) is 3.81. The Balaban J connectivity index is 1.71. The quantitative estimate of drug-likeness (QED) is 0.455. The zero-order valence-electron chi connectivity index (χ0n) is 15.6. The smallest absolute Gasteiger partial charge is 0.294 e. The van der Waals surface area contributed by atoms with Crippen LogP contribution in [0.5, 0.6) is 11.5 Å². The molecule has 1 aliphatic rings. The third kappa shape index (κ3) is 5.10. The predicted octanol–water partition coefficient (Wildman–Crippen LogP) is 3.98. The van der Waals surface area contributed by atoms with Crippen LogP contribution in [0.3, 0.4) is 0 Å². The number of benzene rings is 2. The highest BCUT2D eigenvalue weighted by atomic mass is 127. The summed E-state index contributed by atoms with van der Waals surface area (Å²) in [5, 5.41) is 2.20. The van der Waals surface area contributed by atoms with E-state index in [9.17, 15) is 14.4 Å². The number of thioether (sulfide) groups is 1. The van der Waals surface area contributed by atoms with Crippen molar-refractivity contribution >= 4 is 63.2 Å². The molecule has 1 heterocycles. The number of hydrogen-bond donors (Lipinski definition) is 1. The van der Waals surface area contributed by atoms with E-state index in [0.29, 0.717) is 22.7 Å². The maximum Gasteiger partial charge on any atom is 0.294 e. The summed E-state index contributed by atoms with van der Waals surface area (Å²) >= 11 is 2.96. The van der Waals surface area contributed by atoms with Crippen LogP contribution in [-0.2, 0) is 9.59 Å². The number of imide groups is 1. The van der Waals surface area contributed by atoms with Crippen molar-refractivity contribution in [2.24, 2.45) is 0 Å². The lowest BCUT2D eigenvalue weighted by atomic mass is 10.2. The van der Waals surface area contributed by atoms with Gasteiger partial charge in [-0.05, 0) is 82.4 Å². The lowest BCUT2D eigenvalue weighted by Gasteiger charge is -2.12. The van der Waals surface area contributed by atoms with Gasteiger partial charge in [0.1, 0.15) is 6.54 Å². The third-order valence-corrected chi connectivity index (χ3v) is 5.64. The molecule has 0 saturated carbocycles. The summed E-state index contributed by atoms with van der Waals surface area (Å²) in [4.78, 5) is 38.3. The minimum absolute atomic E-state index is 0.240. The highest BCUT2D eigenvalue weighted by Gasteiger charge is 2.36. The van der Waals surface area contributed by atoms with Crippen LogP contribution in [0.1, 0.15) is 5.56 Å². The molecule has 3 rings (SSSR count). The van der Waals surface area contributed by atoms with E-state index in [1.807, 2.05) is 12.1 Å². The first-order chi connectivity index (χ1) is 13.9. The highest BCUT2D eigenvalue weighted by Crippen LogP contribution is 2.34. The predicted molar refractivity (Wildman–Crippen MR) is 120 cm³/mol. The van der Waals surface area contributed by atoms with Crippen LogP contribution < -0.4 is 14.8 Å². The van der Waals surface area contributed by atoms with Crippen molar-refractivity contribution < 1.29 is 23.9 Å². The number of methoxy groups -OCH3 is 2. The molecule has 7 nitrogen and oxygen atoms in total. The van der Waals surface area contributed by atoms with Crippen molar-refractivity contribution in [1.29, 1.82) is 0 Å². The van der Waals surface area contributed by atoms with Crippen molar-refractivity contribution in [2.45, 2.75) is 0 Å². The number of carbonyl (C=O) groups excluding carboxylic acids is 3. The first-order valence-corrected chi connectivity index (χ1v) is 10.3. The standard InChI is InChI=1S/C20H17IN2O5S/c1-27-15-8-3-12(9-16(15)28-2)10-17-19(25)23(20(26)29-17)11-18(24)22-14-6-4-13(21)5-7-14/h3-10H,11H2,1-2H3,(H,22,24)/b17-10+. The number of halogens is 1. The van der Waals surface area contributed by atoms with Gasteiger partial charge < -0.3 is 14.8 Å². The molecule has 2 aromatic rings. The van der Waals surface area contributed by atoms with E-state index in [1.165, 1.54) is 14.2 Å². The molecular weight excluding hydrogens is 507 g/mol. The van der Waals surface area contributed by atoms with Crippen LogP contribution in [-0.4, -0.2) is 42.7 Å². The van der Waals surface area contributed by atoms with E-state index in [-0.39, 0.29) is 11.4 Å². The molecule has 0 radical (unpaired) electrons. The molecule has 150 valence electrons. The number of nitrogens with zero attached hydrogens (tertiary/aromatic N) is 1. The van der Waals surface area contributed by atoms with E-state index < -0.39 is 17.1 Å². The summed E-state index contributed by atoms with van der Waals surface area (Å²) in [6.45, 7) is -0.347. The van der Waals surface area contributed by atoms with Gasteiger partial charge in [0.15, 0.2) is 11.5 Å². The summed E-state index contributed by atoms with van der Waals surface area (Å²) in [7, 11) is 3.05. The van der Waals surface area contributed by atoms with Crippen LogP contribution in [0.4, 0.5) is 10.5 Å². The van der Waals surface area contributed by atoms with Gasteiger partial charge in [-0.3, -0.25) is 19.3 Å². The molecule has 1 fully saturated rings.